The predicted octanol–water partition coefficient (Wildman–Crippen LogP) is 4.55. The van der Waals surface area contributed by atoms with Gasteiger partial charge in [0.15, 0.2) is 0 Å². The van der Waals surface area contributed by atoms with Gasteiger partial charge in [-0.1, -0.05) is 57.0 Å². The monoisotopic (exact) mass is 245 g/mol. The SMILES string of the molecule is CCC(NCC1CCC(C)CC1)c1ccccc1. The van der Waals surface area contributed by atoms with Gasteiger partial charge in [-0.2, -0.15) is 0 Å². The molecule has 0 spiro atoms. The Morgan fingerprint density at radius 3 is 2.39 bits per heavy atom. The molecule has 2 rings (SSSR count). The molecular weight excluding hydrogens is 218 g/mol. The summed E-state index contributed by atoms with van der Waals surface area (Å²) < 4.78 is 0. The highest BCUT2D eigenvalue weighted by Gasteiger charge is 2.19. The highest BCUT2D eigenvalue weighted by atomic mass is 14.9. The van der Waals surface area contributed by atoms with Crippen molar-refractivity contribution in [2.75, 3.05) is 6.54 Å². The molecule has 1 nitrogen and oxygen atoms in total. The van der Waals surface area contributed by atoms with Crippen LogP contribution < -0.4 is 5.32 Å². The van der Waals surface area contributed by atoms with Gasteiger partial charge in [-0.05, 0) is 43.2 Å². The molecule has 0 saturated heterocycles. The second kappa shape index (κ2) is 6.94. The largest absolute Gasteiger partial charge is 0.310 e. The van der Waals surface area contributed by atoms with E-state index in [0.29, 0.717) is 6.04 Å². The molecular formula is C17H27N. The van der Waals surface area contributed by atoms with Gasteiger partial charge in [0.2, 0.25) is 0 Å². The lowest BCUT2D eigenvalue weighted by Crippen LogP contribution is -2.29. The second-order valence-corrected chi connectivity index (χ2v) is 5.91. The van der Waals surface area contributed by atoms with Crippen LogP contribution in [-0.2, 0) is 0 Å². The lowest BCUT2D eigenvalue weighted by molar-refractivity contribution is 0.273. The zero-order valence-corrected chi connectivity index (χ0v) is 11.9. The van der Waals surface area contributed by atoms with E-state index in [1.165, 1.54) is 44.2 Å². The number of rotatable bonds is 5. The molecule has 1 saturated carbocycles. The minimum absolute atomic E-state index is 0.533. The average molecular weight is 245 g/mol. The van der Waals surface area contributed by atoms with E-state index in [-0.39, 0.29) is 0 Å². The van der Waals surface area contributed by atoms with Gasteiger partial charge in [0.05, 0.1) is 0 Å². The van der Waals surface area contributed by atoms with E-state index in [4.69, 9.17) is 0 Å². The lowest BCUT2D eigenvalue weighted by Gasteiger charge is -2.28. The zero-order chi connectivity index (χ0) is 12.8. The van der Waals surface area contributed by atoms with Crippen LogP contribution in [0.25, 0.3) is 0 Å². The number of nitrogens with one attached hydrogen (secondary N) is 1. The molecule has 0 radical (unpaired) electrons. The molecule has 0 heterocycles. The van der Waals surface area contributed by atoms with E-state index in [1.54, 1.807) is 0 Å². The third-order valence-corrected chi connectivity index (χ3v) is 4.40. The quantitative estimate of drug-likeness (QED) is 0.802. The van der Waals surface area contributed by atoms with Crippen LogP contribution in [0.3, 0.4) is 0 Å². The standard InChI is InChI=1S/C17H27N/c1-3-17(16-7-5-4-6-8-16)18-13-15-11-9-14(2)10-12-15/h4-8,14-15,17-18H,3,9-13H2,1-2H3. The maximum atomic E-state index is 3.77. The highest BCUT2D eigenvalue weighted by molar-refractivity contribution is 5.18. The molecule has 1 N–H and O–H groups in total. The molecule has 1 aromatic carbocycles. The Morgan fingerprint density at radius 1 is 1.11 bits per heavy atom. The first-order chi connectivity index (χ1) is 8.79. The van der Waals surface area contributed by atoms with Crippen LogP contribution in [0, 0.1) is 11.8 Å². The molecule has 1 fully saturated rings. The Morgan fingerprint density at radius 2 is 1.78 bits per heavy atom. The molecule has 0 bridgehead atoms. The van der Waals surface area contributed by atoms with Crippen molar-refractivity contribution in [1.82, 2.24) is 5.32 Å². The summed E-state index contributed by atoms with van der Waals surface area (Å²) in [7, 11) is 0. The average Bonchev–Trinajstić information content (AvgIpc) is 2.43. The Labute approximate surface area is 112 Å². The zero-order valence-electron chi connectivity index (χ0n) is 11.9. The van der Waals surface area contributed by atoms with Gasteiger partial charge in [-0.25, -0.2) is 0 Å². The Bertz CT molecular complexity index is 325. The summed E-state index contributed by atoms with van der Waals surface area (Å²) in [4.78, 5) is 0. The summed E-state index contributed by atoms with van der Waals surface area (Å²) in [6, 6.07) is 11.4. The molecule has 1 aromatic rings. The third-order valence-electron chi connectivity index (χ3n) is 4.40. The fraction of sp³-hybridized carbons (Fsp3) is 0.647. The number of hydrogen-bond acceptors (Lipinski definition) is 1. The van der Waals surface area contributed by atoms with E-state index >= 15 is 0 Å². The summed E-state index contributed by atoms with van der Waals surface area (Å²) in [5, 5.41) is 3.77. The fourth-order valence-electron chi connectivity index (χ4n) is 3.03. The van der Waals surface area contributed by atoms with Gasteiger partial charge in [0.25, 0.3) is 0 Å². The van der Waals surface area contributed by atoms with Crippen molar-refractivity contribution in [3.63, 3.8) is 0 Å². The number of benzene rings is 1. The van der Waals surface area contributed by atoms with Crippen molar-refractivity contribution >= 4 is 0 Å². The Kier molecular flexibility index (Phi) is 5.25. The molecule has 18 heavy (non-hydrogen) atoms. The van der Waals surface area contributed by atoms with Crippen molar-refractivity contribution in [2.45, 2.75) is 52.0 Å². The maximum absolute atomic E-state index is 3.77. The minimum atomic E-state index is 0.533. The van der Waals surface area contributed by atoms with E-state index < -0.39 is 0 Å². The van der Waals surface area contributed by atoms with Crippen LogP contribution in [0.15, 0.2) is 30.3 Å². The summed E-state index contributed by atoms with van der Waals surface area (Å²) >= 11 is 0. The number of hydrogen-bond donors (Lipinski definition) is 1. The fourth-order valence-corrected chi connectivity index (χ4v) is 3.03. The Balaban J connectivity index is 1.81. The Hall–Kier alpha value is -0.820. The summed E-state index contributed by atoms with van der Waals surface area (Å²) in [5.41, 5.74) is 1.43. The van der Waals surface area contributed by atoms with Crippen molar-refractivity contribution in [1.29, 1.82) is 0 Å². The van der Waals surface area contributed by atoms with Crippen LogP contribution in [0.1, 0.15) is 57.6 Å². The molecule has 1 aliphatic rings. The normalized spacial score (nSPS) is 25.9. The third kappa shape index (κ3) is 3.84. The maximum Gasteiger partial charge on any atom is 0.0317 e. The molecule has 100 valence electrons. The highest BCUT2D eigenvalue weighted by Crippen LogP contribution is 2.28. The van der Waals surface area contributed by atoms with Crippen molar-refractivity contribution < 1.29 is 0 Å². The minimum Gasteiger partial charge on any atom is -0.310 e. The smallest absolute Gasteiger partial charge is 0.0317 e. The van der Waals surface area contributed by atoms with Crippen LogP contribution >= 0.6 is 0 Å². The summed E-state index contributed by atoms with van der Waals surface area (Å²) in [5.74, 6) is 1.86. The van der Waals surface area contributed by atoms with Crippen molar-refractivity contribution in [3.05, 3.63) is 35.9 Å². The predicted molar refractivity (Wildman–Crippen MR) is 78.6 cm³/mol. The van der Waals surface area contributed by atoms with Gasteiger partial charge in [0.1, 0.15) is 0 Å². The van der Waals surface area contributed by atoms with Gasteiger partial charge in [-0.3, -0.25) is 0 Å². The molecule has 0 aromatic heterocycles. The van der Waals surface area contributed by atoms with E-state index in [0.717, 1.165) is 11.8 Å². The van der Waals surface area contributed by atoms with E-state index in [2.05, 4.69) is 49.5 Å². The van der Waals surface area contributed by atoms with E-state index in [9.17, 15) is 0 Å². The first-order valence-corrected chi connectivity index (χ1v) is 7.58. The first kappa shape index (κ1) is 13.6. The van der Waals surface area contributed by atoms with Gasteiger partial charge in [0, 0.05) is 6.04 Å². The van der Waals surface area contributed by atoms with E-state index in [1.807, 2.05) is 0 Å². The van der Waals surface area contributed by atoms with Gasteiger partial charge in [-0.15, -0.1) is 0 Å². The van der Waals surface area contributed by atoms with Crippen LogP contribution in [-0.4, -0.2) is 6.54 Å². The summed E-state index contributed by atoms with van der Waals surface area (Å²) in [6.07, 6.45) is 6.86. The molecule has 1 heteroatoms. The van der Waals surface area contributed by atoms with Crippen LogP contribution in [0.5, 0.6) is 0 Å². The van der Waals surface area contributed by atoms with Crippen LogP contribution in [0.2, 0.25) is 0 Å². The first-order valence-electron chi connectivity index (χ1n) is 7.58. The van der Waals surface area contributed by atoms with Crippen LogP contribution in [0.4, 0.5) is 0 Å². The molecule has 0 aliphatic heterocycles. The molecule has 1 unspecified atom stereocenters. The van der Waals surface area contributed by atoms with Gasteiger partial charge < -0.3 is 5.32 Å². The molecule has 1 atom stereocenters. The van der Waals surface area contributed by atoms with Crippen molar-refractivity contribution in [2.24, 2.45) is 11.8 Å². The van der Waals surface area contributed by atoms with Crippen molar-refractivity contribution in [3.8, 4) is 0 Å². The summed E-state index contributed by atoms with van der Waals surface area (Å²) in [6.45, 7) is 5.86. The topological polar surface area (TPSA) is 12.0 Å². The lowest BCUT2D eigenvalue weighted by atomic mass is 9.83. The molecule has 0 amide bonds. The second-order valence-electron chi connectivity index (χ2n) is 5.91. The molecule has 1 aliphatic carbocycles. The van der Waals surface area contributed by atoms with Gasteiger partial charge >= 0.3 is 0 Å².